The summed E-state index contributed by atoms with van der Waals surface area (Å²) in [5.41, 5.74) is -0.436. The highest BCUT2D eigenvalue weighted by Crippen LogP contribution is 2.27. The molecule has 0 saturated carbocycles. The minimum absolute atomic E-state index is 0.0717. The monoisotopic (exact) mass is 345 g/mol. The summed E-state index contributed by atoms with van der Waals surface area (Å²) in [7, 11) is 1.26. The Kier molecular flexibility index (Phi) is 5.06. The fourth-order valence-electron chi connectivity index (χ4n) is 2.06. The Morgan fingerprint density at radius 3 is 2.42 bits per heavy atom. The summed E-state index contributed by atoms with van der Waals surface area (Å²) in [5, 5.41) is 0. The Morgan fingerprint density at radius 1 is 1.08 bits per heavy atom. The maximum atomic E-state index is 13.7. The molecule has 3 nitrogen and oxygen atoms in total. The summed E-state index contributed by atoms with van der Waals surface area (Å²) in [6.07, 6.45) is -4.88. The highest BCUT2D eigenvalue weighted by atomic mass is 19.4. The fourth-order valence-corrected chi connectivity index (χ4v) is 2.06. The van der Waals surface area contributed by atoms with Crippen LogP contribution in [0.5, 0.6) is 5.75 Å². The van der Waals surface area contributed by atoms with E-state index in [0.717, 1.165) is 23.1 Å². The first-order valence-corrected chi connectivity index (χ1v) is 6.72. The van der Waals surface area contributed by atoms with Crippen LogP contribution in [0.1, 0.15) is 15.9 Å². The summed E-state index contributed by atoms with van der Waals surface area (Å²) >= 11 is 0. The fraction of sp³-hybridized carbons (Fsp3) is 0.188. The highest BCUT2D eigenvalue weighted by Gasteiger charge is 2.32. The molecule has 128 valence electrons. The zero-order valence-corrected chi connectivity index (χ0v) is 12.4. The smallest absolute Gasteiger partial charge is 0.405 e. The van der Waals surface area contributed by atoms with Crippen LogP contribution in [0.4, 0.5) is 22.0 Å². The number of para-hydroxylation sites is 1. The second-order valence-corrected chi connectivity index (χ2v) is 4.92. The molecule has 0 heterocycles. The van der Waals surface area contributed by atoms with Gasteiger partial charge in [0.2, 0.25) is 0 Å². The molecule has 0 unspecified atom stereocenters. The standard InChI is InChI=1S/C16H12F5NO2/c1-22(15(23)11-6-4-7-12(17)14(11)18)9-10-5-2-3-8-13(10)24-16(19,20)21/h2-8H,9H2,1H3. The molecular weight excluding hydrogens is 333 g/mol. The third-order valence-electron chi connectivity index (χ3n) is 3.13. The van der Waals surface area contributed by atoms with E-state index in [4.69, 9.17) is 0 Å². The molecule has 0 N–H and O–H groups in total. The van der Waals surface area contributed by atoms with Gasteiger partial charge < -0.3 is 9.64 Å². The van der Waals surface area contributed by atoms with Gasteiger partial charge in [0.1, 0.15) is 5.75 Å². The molecule has 0 aliphatic carbocycles. The molecule has 0 aromatic heterocycles. The van der Waals surface area contributed by atoms with Crippen LogP contribution in [-0.2, 0) is 6.54 Å². The first-order chi connectivity index (χ1) is 11.2. The largest absolute Gasteiger partial charge is 0.573 e. The summed E-state index contributed by atoms with van der Waals surface area (Å²) in [4.78, 5) is 13.1. The third-order valence-corrected chi connectivity index (χ3v) is 3.13. The maximum absolute atomic E-state index is 13.7. The van der Waals surface area contributed by atoms with Crippen LogP contribution in [0.15, 0.2) is 42.5 Å². The van der Waals surface area contributed by atoms with Gasteiger partial charge in [0, 0.05) is 19.2 Å². The van der Waals surface area contributed by atoms with Crippen LogP contribution in [-0.4, -0.2) is 24.2 Å². The van der Waals surface area contributed by atoms with Gasteiger partial charge in [-0.15, -0.1) is 13.2 Å². The van der Waals surface area contributed by atoms with Gasteiger partial charge in [-0.05, 0) is 18.2 Å². The summed E-state index contributed by atoms with van der Waals surface area (Å²) in [6.45, 7) is -0.277. The van der Waals surface area contributed by atoms with Crippen molar-refractivity contribution in [2.45, 2.75) is 12.9 Å². The van der Waals surface area contributed by atoms with Gasteiger partial charge in [-0.1, -0.05) is 24.3 Å². The zero-order chi connectivity index (χ0) is 17.9. The maximum Gasteiger partial charge on any atom is 0.573 e. The van der Waals surface area contributed by atoms with E-state index in [0.29, 0.717) is 0 Å². The van der Waals surface area contributed by atoms with Gasteiger partial charge in [0.05, 0.1) is 5.56 Å². The van der Waals surface area contributed by atoms with Gasteiger partial charge in [0.15, 0.2) is 11.6 Å². The topological polar surface area (TPSA) is 29.5 Å². The molecule has 2 aromatic carbocycles. The van der Waals surface area contributed by atoms with Crippen molar-refractivity contribution >= 4 is 5.91 Å². The second-order valence-electron chi connectivity index (χ2n) is 4.92. The average molecular weight is 345 g/mol. The molecule has 8 heteroatoms. The van der Waals surface area contributed by atoms with Crippen LogP contribution >= 0.6 is 0 Å². The van der Waals surface area contributed by atoms with Crippen molar-refractivity contribution in [3.63, 3.8) is 0 Å². The molecule has 1 amide bonds. The van der Waals surface area contributed by atoms with Crippen LogP contribution in [0, 0.1) is 11.6 Å². The summed E-state index contributed by atoms with van der Waals surface area (Å²) < 4.78 is 67.9. The Hall–Kier alpha value is -2.64. The molecular formula is C16H12F5NO2. The lowest BCUT2D eigenvalue weighted by Crippen LogP contribution is -2.28. The van der Waals surface area contributed by atoms with E-state index in [-0.39, 0.29) is 12.1 Å². The van der Waals surface area contributed by atoms with Crippen molar-refractivity contribution in [2.75, 3.05) is 7.05 Å². The molecule has 0 fully saturated rings. The Morgan fingerprint density at radius 2 is 1.75 bits per heavy atom. The van der Waals surface area contributed by atoms with Gasteiger partial charge in [0.25, 0.3) is 5.91 Å². The minimum atomic E-state index is -4.88. The predicted molar refractivity (Wildman–Crippen MR) is 75.3 cm³/mol. The van der Waals surface area contributed by atoms with Gasteiger partial charge in [-0.25, -0.2) is 8.78 Å². The van der Waals surface area contributed by atoms with Crippen LogP contribution in [0.2, 0.25) is 0 Å². The van der Waals surface area contributed by atoms with E-state index in [1.165, 1.54) is 31.3 Å². The van der Waals surface area contributed by atoms with Crippen molar-refractivity contribution in [1.29, 1.82) is 0 Å². The number of rotatable bonds is 4. The lowest BCUT2D eigenvalue weighted by molar-refractivity contribution is -0.275. The van der Waals surface area contributed by atoms with Crippen molar-refractivity contribution in [2.24, 2.45) is 0 Å². The van der Waals surface area contributed by atoms with Crippen molar-refractivity contribution < 1.29 is 31.5 Å². The highest BCUT2D eigenvalue weighted by molar-refractivity contribution is 5.94. The summed E-state index contributed by atoms with van der Waals surface area (Å²) in [6, 6.07) is 8.38. The van der Waals surface area contributed by atoms with Crippen LogP contribution in [0.25, 0.3) is 0 Å². The number of hydrogen-bond donors (Lipinski definition) is 0. The number of carbonyl (C=O) groups is 1. The molecule has 0 bridgehead atoms. The van der Waals surface area contributed by atoms with Crippen molar-refractivity contribution in [1.82, 2.24) is 4.90 Å². The normalized spacial score (nSPS) is 11.2. The number of ether oxygens (including phenoxy) is 1. The molecule has 0 spiro atoms. The Balaban J connectivity index is 2.22. The Labute approximate surface area is 134 Å². The molecule has 2 aromatic rings. The molecule has 24 heavy (non-hydrogen) atoms. The van der Waals surface area contributed by atoms with Gasteiger partial charge >= 0.3 is 6.36 Å². The van der Waals surface area contributed by atoms with Gasteiger partial charge in [-0.2, -0.15) is 0 Å². The zero-order valence-electron chi connectivity index (χ0n) is 12.4. The molecule has 2 rings (SSSR count). The van der Waals surface area contributed by atoms with E-state index in [2.05, 4.69) is 4.74 Å². The van der Waals surface area contributed by atoms with E-state index in [9.17, 15) is 26.7 Å². The Bertz CT molecular complexity index is 745. The van der Waals surface area contributed by atoms with Crippen molar-refractivity contribution in [3.05, 3.63) is 65.2 Å². The molecule has 0 atom stereocenters. The average Bonchev–Trinajstić information content (AvgIpc) is 2.50. The third kappa shape index (κ3) is 4.21. The van der Waals surface area contributed by atoms with Crippen LogP contribution in [0.3, 0.4) is 0 Å². The first-order valence-electron chi connectivity index (χ1n) is 6.72. The number of alkyl halides is 3. The number of hydrogen-bond acceptors (Lipinski definition) is 2. The number of benzene rings is 2. The number of halogens is 5. The van der Waals surface area contributed by atoms with Gasteiger partial charge in [-0.3, -0.25) is 4.79 Å². The first kappa shape index (κ1) is 17.7. The lowest BCUT2D eigenvalue weighted by atomic mass is 10.1. The number of amides is 1. The number of nitrogens with zero attached hydrogens (tertiary/aromatic N) is 1. The molecule has 0 radical (unpaired) electrons. The van der Waals surface area contributed by atoms with E-state index < -0.39 is 35.2 Å². The predicted octanol–water partition coefficient (Wildman–Crippen LogP) is 4.14. The van der Waals surface area contributed by atoms with Crippen molar-refractivity contribution in [3.8, 4) is 5.75 Å². The lowest BCUT2D eigenvalue weighted by Gasteiger charge is -2.20. The molecule has 0 saturated heterocycles. The second kappa shape index (κ2) is 6.86. The molecule has 0 aliphatic heterocycles. The van der Waals surface area contributed by atoms with E-state index in [1.54, 1.807) is 0 Å². The SMILES string of the molecule is CN(Cc1ccccc1OC(F)(F)F)C(=O)c1cccc(F)c1F. The van der Waals surface area contributed by atoms with E-state index >= 15 is 0 Å². The minimum Gasteiger partial charge on any atom is -0.405 e. The summed E-state index contributed by atoms with van der Waals surface area (Å²) in [5.74, 6) is -3.83. The molecule has 0 aliphatic rings. The quantitative estimate of drug-likeness (QED) is 0.780. The van der Waals surface area contributed by atoms with E-state index in [1.807, 2.05) is 0 Å². The van der Waals surface area contributed by atoms with Crippen LogP contribution < -0.4 is 4.74 Å². The number of carbonyl (C=O) groups excluding carboxylic acids is 1.